The Labute approximate surface area is 88.0 Å². The van der Waals surface area contributed by atoms with Crippen molar-refractivity contribution in [1.82, 2.24) is 0 Å². The van der Waals surface area contributed by atoms with Crippen LogP contribution in [0.2, 0.25) is 0 Å². The molecular formula is C11H11N3O. The van der Waals surface area contributed by atoms with Gasteiger partial charge in [0.25, 0.3) is 0 Å². The zero-order chi connectivity index (χ0) is 10.5. The minimum absolute atomic E-state index is 0.391. The number of aliphatic imine (C=N–C) groups is 2. The molecule has 0 aliphatic carbocycles. The highest BCUT2D eigenvalue weighted by Gasteiger charge is 2.07. The molecule has 4 nitrogen and oxygen atoms in total. The molecule has 0 atom stereocenters. The molecule has 0 amide bonds. The van der Waals surface area contributed by atoms with Crippen LogP contribution in [0.3, 0.4) is 0 Å². The largest absolute Gasteiger partial charge is 0.331 e. The number of hydrogen-bond acceptors (Lipinski definition) is 4. The van der Waals surface area contributed by atoms with Gasteiger partial charge in [0.15, 0.2) is 0 Å². The van der Waals surface area contributed by atoms with Gasteiger partial charge in [-0.05, 0) is 17.7 Å². The average Bonchev–Trinajstić information content (AvgIpc) is 2.80. The van der Waals surface area contributed by atoms with Crippen LogP contribution in [0.15, 0.2) is 34.3 Å². The lowest BCUT2D eigenvalue weighted by molar-refractivity contribution is 0.563. The standard InChI is InChI=1S/C11H11N3O/c15-9-13-7-10-2-1-3-11(6-10)14-5-4-12-8-14/h1-3,6,8H,4-5,7H2. The molecule has 2 rings (SSSR count). The summed E-state index contributed by atoms with van der Waals surface area (Å²) < 4.78 is 0. The Morgan fingerprint density at radius 2 is 2.47 bits per heavy atom. The molecule has 1 heterocycles. The van der Waals surface area contributed by atoms with Gasteiger partial charge in [-0.3, -0.25) is 4.99 Å². The lowest BCUT2D eigenvalue weighted by Gasteiger charge is -2.14. The van der Waals surface area contributed by atoms with Crippen LogP contribution in [0.25, 0.3) is 0 Å². The Morgan fingerprint density at radius 3 is 3.20 bits per heavy atom. The normalized spacial score (nSPS) is 14.0. The van der Waals surface area contributed by atoms with Gasteiger partial charge in [-0.1, -0.05) is 12.1 Å². The zero-order valence-corrected chi connectivity index (χ0v) is 8.26. The first-order valence-corrected chi connectivity index (χ1v) is 4.79. The van der Waals surface area contributed by atoms with Crippen molar-refractivity contribution >= 4 is 18.1 Å². The van der Waals surface area contributed by atoms with E-state index in [9.17, 15) is 4.79 Å². The highest BCUT2D eigenvalue weighted by Crippen LogP contribution is 2.17. The van der Waals surface area contributed by atoms with Crippen molar-refractivity contribution < 1.29 is 4.79 Å². The van der Waals surface area contributed by atoms with Crippen LogP contribution in [0.1, 0.15) is 5.56 Å². The molecule has 1 aliphatic heterocycles. The van der Waals surface area contributed by atoms with E-state index in [0.717, 1.165) is 24.3 Å². The number of nitrogens with zero attached hydrogens (tertiary/aromatic N) is 3. The first-order valence-electron chi connectivity index (χ1n) is 4.79. The molecule has 4 heteroatoms. The van der Waals surface area contributed by atoms with Gasteiger partial charge in [-0.15, -0.1) is 0 Å². The number of anilines is 1. The Morgan fingerprint density at radius 1 is 1.53 bits per heavy atom. The molecule has 15 heavy (non-hydrogen) atoms. The smallest absolute Gasteiger partial charge is 0.235 e. The summed E-state index contributed by atoms with van der Waals surface area (Å²) in [4.78, 5) is 19.8. The van der Waals surface area contributed by atoms with E-state index in [2.05, 4.69) is 14.9 Å². The van der Waals surface area contributed by atoms with Crippen molar-refractivity contribution in [2.45, 2.75) is 6.54 Å². The summed E-state index contributed by atoms with van der Waals surface area (Å²) in [5.41, 5.74) is 2.10. The summed E-state index contributed by atoms with van der Waals surface area (Å²) in [5.74, 6) is 0. The van der Waals surface area contributed by atoms with Gasteiger partial charge >= 0.3 is 0 Å². The molecule has 0 N–H and O–H groups in total. The third-order valence-electron chi connectivity index (χ3n) is 2.26. The summed E-state index contributed by atoms with van der Waals surface area (Å²) in [7, 11) is 0. The first kappa shape index (κ1) is 9.62. The average molecular weight is 201 g/mol. The molecule has 0 aromatic heterocycles. The third kappa shape index (κ3) is 2.30. The number of benzene rings is 1. The van der Waals surface area contributed by atoms with E-state index in [1.54, 1.807) is 6.08 Å². The zero-order valence-electron chi connectivity index (χ0n) is 8.26. The second kappa shape index (κ2) is 4.53. The highest BCUT2D eigenvalue weighted by molar-refractivity contribution is 5.81. The molecule has 0 saturated carbocycles. The number of hydrogen-bond donors (Lipinski definition) is 0. The molecule has 1 aromatic carbocycles. The lowest BCUT2D eigenvalue weighted by atomic mass is 10.2. The molecule has 76 valence electrons. The Bertz CT molecular complexity index is 422. The van der Waals surface area contributed by atoms with Crippen LogP contribution in [0.5, 0.6) is 0 Å². The predicted octanol–water partition coefficient (Wildman–Crippen LogP) is 1.37. The maximum Gasteiger partial charge on any atom is 0.235 e. The number of carbonyl (C=O) groups excluding carboxylic acids is 1. The summed E-state index contributed by atoms with van der Waals surface area (Å²) in [6, 6.07) is 7.93. The van der Waals surface area contributed by atoms with Crippen LogP contribution >= 0.6 is 0 Å². The van der Waals surface area contributed by atoms with Gasteiger partial charge in [0.05, 0.1) is 19.4 Å². The van der Waals surface area contributed by atoms with E-state index in [0.29, 0.717) is 6.54 Å². The Balaban J connectivity index is 2.17. The minimum atomic E-state index is 0.391. The van der Waals surface area contributed by atoms with Gasteiger partial charge in [-0.25, -0.2) is 9.79 Å². The summed E-state index contributed by atoms with van der Waals surface area (Å²) in [6.07, 6.45) is 3.38. The molecule has 1 aliphatic rings. The van der Waals surface area contributed by atoms with Crippen LogP contribution in [-0.2, 0) is 11.3 Å². The molecule has 0 bridgehead atoms. The lowest BCUT2D eigenvalue weighted by Crippen LogP contribution is -2.18. The van der Waals surface area contributed by atoms with Gasteiger partial charge in [0, 0.05) is 12.2 Å². The quantitative estimate of drug-likeness (QED) is 0.547. The SMILES string of the molecule is O=C=NCc1cccc(N2C=NCC2)c1. The fraction of sp³-hybridized carbons (Fsp3) is 0.273. The van der Waals surface area contributed by atoms with Gasteiger partial charge in [0.1, 0.15) is 0 Å². The summed E-state index contributed by atoms with van der Waals surface area (Å²) >= 11 is 0. The van der Waals surface area contributed by atoms with E-state index in [-0.39, 0.29) is 0 Å². The van der Waals surface area contributed by atoms with Crippen molar-refractivity contribution in [2.75, 3.05) is 18.0 Å². The number of isocyanates is 1. The summed E-state index contributed by atoms with van der Waals surface area (Å²) in [5, 5.41) is 0. The topological polar surface area (TPSA) is 45.0 Å². The second-order valence-corrected chi connectivity index (χ2v) is 3.29. The van der Waals surface area contributed by atoms with E-state index in [1.807, 2.05) is 30.6 Å². The van der Waals surface area contributed by atoms with Crippen molar-refractivity contribution in [2.24, 2.45) is 9.98 Å². The van der Waals surface area contributed by atoms with Gasteiger partial charge in [-0.2, -0.15) is 0 Å². The monoisotopic (exact) mass is 201 g/mol. The second-order valence-electron chi connectivity index (χ2n) is 3.29. The molecule has 1 aromatic rings. The number of rotatable bonds is 3. The van der Waals surface area contributed by atoms with Crippen molar-refractivity contribution in [3.8, 4) is 0 Å². The van der Waals surface area contributed by atoms with Crippen molar-refractivity contribution in [3.63, 3.8) is 0 Å². The van der Waals surface area contributed by atoms with Crippen molar-refractivity contribution in [3.05, 3.63) is 29.8 Å². The van der Waals surface area contributed by atoms with Gasteiger partial charge < -0.3 is 4.90 Å². The molecular weight excluding hydrogens is 190 g/mol. The Hall–Kier alpha value is -1.93. The van der Waals surface area contributed by atoms with Crippen LogP contribution < -0.4 is 4.90 Å². The molecule has 0 spiro atoms. The van der Waals surface area contributed by atoms with Crippen LogP contribution in [0, 0.1) is 0 Å². The predicted molar refractivity (Wildman–Crippen MR) is 59.0 cm³/mol. The molecule has 0 fully saturated rings. The van der Waals surface area contributed by atoms with Crippen LogP contribution in [0.4, 0.5) is 5.69 Å². The summed E-state index contributed by atoms with van der Waals surface area (Å²) in [6.45, 7) is 2.15. The molecule has 0 saturated heterocycles. The van der Waals surface area contributed by atoms with E-state index in [1.165, 1.54) is 0 Å². The van der Waals surface area contributed by atoms with E-state index < -0.39 is 0 Å². The fourth-order valence-electron chi connectivity index (χ4n) is 1.53. The maximum absolute atomic E-state index is 10.00. The Kier molecular flexibility index (Phi) is 2.90. The minimum Gasteiger partial charge on any atom is -0.331 e. The highest BCUT2D eigenvalue weighted by atomic mass is 16.1. The third-order valence-corrected chi connectivity index (χ3v) is 2.26. The molecule has 0 radical (unpaired) electrons. The van der Waals surface area contributed by atoms with Gasteiger partial charge in [0.2, 0.25) is 6.08 Å². The van der Waals surface area contributed by atoms with Crippen LogP contribution in [-0.4, -0.2) is 25.5 Å². The maximum atomic E-state index is 10.00. The van der Waals surface area contributed by atoms with Crippen molar-refractivity contribution in [1.29, 1.82) is 0 Å². The van der Waals surface area contributed by atoms with E-state index in [4.69, 9.17) is 0 Å². The fourth-order valence-corrected chi connectivity index (χ4v) is 1.53. The molecule has 0 unspecified atom stereocenters. The van der Waals surface area contributed by atoms with E-state index >= 15 is 0 Å². The first-order chi connectivity index (χ1) is 7.40.